The number of hydrogen-bond acceptors (Lipinski definition) is 10. The van der Waals surface area contributed by atoms with Crippen LogP contribution >= 0.6 is 0 Å². The highest BCUT2D eigenvalue weighted by Crippen LogP contribution is 2.35. The molecule has 1 saturated carbocycles. The van der Waals surface area contributed by atoms with Crippen LogP contribution in [-0.4, -0.2) is 104 Å². The molecular weight excluding hydrogens is 472 g/mol. The predicted molar refractivity (Wildman–Crippen MR) is 133 cm³/mol. The monoisotopic (exact) mass is 512 g/mol. The molecule has 1 aliphatic carbocycles. The first-order valence-corrected chi connectivity index (χ1v) is 14.1. The normalized spacial score (nSPS) is 25.7. The summed E-state index contributed by atoms with van der Waals surface area (Å²) < 4.78 is 40.0. The lowest BCUT2D eigenvalue weighted by molar-refractivity contribution is 0.0690. The van der Waals surface area contributed by atoms with Crippen molar-refractivity contribution in [2.45, 2.75) is 57.7 Å². The van der Waals surface area contributed by atoms with Crippen LogP contribution in [-0.2, 0) is 19.7 Å². The van der Waals surface area contributed by atoms with Crippen molar-refractivity contribution in [3.05, 3.63) is 5.82 Å². The Bertz CT molecular complexity index is 929. The van der Waals surface area contributed by atoms with Crippen molar-refractivity contribution in [1.29, 1.82) is 0 Å². The standard InChI is InChI=1S/C22H40N8O4S/c1-16(2)24-21-25-20(26-22(27-21)29-8-12-33-13-9-29)19(23)17-4-6-18(7-5-17)28(3)35(31,32)30-10-14-34-15-11-30/h16-19H,4-15,23H2,1-3H3,(H,24,25,26,27). The molecule has 1 aromatic heterocycles. The number of nitrogens with zero attached hydrogens (tertiary/aromatic N) is 6. The highest BCUT2D eigenvalue weighted by atomic mass is 32.2. The van der Waals surface area contributed by atoms with Crippen LogP contribution in [0.2, 0.25) is 0 Å². The third-order valence-corrected chi connectivity index (χ3v) is 9.12. The van der Waals surface area contributed by atoms with Gasteiger partial charge in [-0.3, -0.25) is 0 Å². The summed E-state index contributed by atoms with van der Waals surface area (Å²) in [4.78, 5) is 16.1. The second-order valence-corrected chi connectivity index (χ2v) is 11.8. The molecule has 1 unspecified atom stereocenters. The molecule has 0 aromatic carbocycles. The molecule has 4 rings (SSSR count). The Morgan fingerprint density at radius 1 is 0.971 bits per heavy atom. The average Bonchev–Trinajstić information content (AvgIpc) is 2.88. The van der Waals surface area contributed by atoms with Crippen LogP contribution in [0, 0.1) is 5.92 Å². The lowest BCUT2D eigenvalue weighted by Gasteiger charge is -2.38. The zero-order chi connectivity index (χ0) is 25.0. The fourth-order valence-electron chi connectivity index (χ4n) is 4.94. The van der Waals surface area contributed by atoms with Gasteiger partial charge in [-0.1, -0.05) is 0 Å². The number of aromatic nitrogens is 3. The zero-order valence-electron chi connectivity index (χ0n) is 21.1. The van der Waals surface area contributed by atoms with Gasteiger partial charge in [0.15, 0.2) is 5.82 Å². The summed E-state index contributed by atoms with van der Waals surface area (Å²) in [6.45, 7) is 8.54. The molecular formula is C22H40N8O4S. The van der Waals surface area contributed by atoms with Gasteiger partial charge < -0.3 is 25.4 Å². The van der Waals surface area contributed by atoms with E-state index in [1.54, 1.807) is 11.4 Å². The summed E-state index contributed by atoms with van der Waals surface area (Å²) in [6.07, 6.45) is 3.16. The Morgan fingerprint density at radius 3 is 2.17 bits per heavy atom. The van der Waals surface area contributed by atoms with Crippen molar-refractivity contribution in [3.63, 3.8) is 0 Å². The summed E-state index contributed by atoms with van der Waals surface area (Å²) in [6, 6.07) is -0.197. The first-order chi connectivity index (χ1) is 16.8. The molecule has 12 nitrogen and oxygen atoms in total. The number of anilines is 2. The Hall–Kier alpha value is -1.64. The van der Waals surface area contributed by atoms with E-state index in [0.717, 1.165) is 38.8 Å². The number of hydrogen-bond donors (Lipinski definition) is 2. The third kappa shape index (κ3) is 6.38. The quantitative estimate of drug-likeness (QED) is 0.509. The fourth-order valence-corrected chi connectivity index (χ4v) is 6.50. The van der Waals surface area contributed by atoms with E-state index in [-0.39, 0.29) is 24.0 Å². The number of morpholine rings is 2. The molecule has 1 aromatic rings. The highest BCUT2D eigenvalue weighted by Gasteiger charge is 2.37. The van der Waals surface area contributed by atoms with Crippen molar-refractivity contribution in [2.75, 3.05) is 69.9 Å². The molecule has 0 bridgehead atoms. The van der Waals surface area contributed by atoms with Crippen LogP contribution in [0.5, 0.6) is 0 Å². The van der Waals surface area contributed by atoms with Crippen molar-refractivity contribution < 1.29 is 17.9 Å². The van der Waals surface area contributed by atoms with Crippen LogP contribution in [0.15, 0.2) is 0 Å². The minimum Gasteiger partial charge on any atom is -0.379 e. The van der Waals surface area contributed by atoms with Crippen LogP contribution < -0.4 is 16.0 Å². The molecule has 3 aliphatic rings. The van der Waals surface area contributed by atoms with Gasteiger partial charge in [0.2, 0.25) is 11.9 Å². The molecule has 0 radical (unpaired) electrons. The molecule has 13 heteroatoms. The number of nitrogens with one attached hydrogen (secondary N) is 1. The van der Waals surface area contributed by atoms with Crippen molar-refractivity contribution in [3.8, 4) is 0 Å². The second-order valence-electron chi connectivity index (χ2n) is 9.85. The van der Waals surface area contributed by atoms with Gasteiger partial charge in [0.25, 0.3) is 10.2 Å². The zero-order valence-corrected chi connectivity index (χ0v) is 21.9. The Kier molecular flexibility index (Phi) is 8.76. The van der Waals surface area contributed by atoms with E-state index in [4.69, 9.17) is 20.2 Å². The Balaban J connectivity index is 1.43. The van der Waals surface area contributed by atoms with Crippen LogP contribution in [0.4, 0.5) is 11.9 Å². The SMILES string of the molecule is CC(C)Nc1nc(C(N)C2CCC(N(C)S(=O)(=O)N3CCOCC3)CC2)nc(N2CCOCC2)n1. The number of nitrogens with two attached hydrogens (primary N) is 1. The van der Waals surface area contributed by atoms with E-state index in [1.165, 1.54) is 4.31 Å². The van der Waals surface area contributed by atoms with Crippen LogP contribution in [0.25, 0.3) is 0 Å². The van der Waals surface area contributed by atoms with E-state index in [2.05, 4.69) is 20.2 Å². The molecule has 0 spiro atoms. The first-order valence-electron chi connectivity index (χ1n) is 12.7. The lowest BCUT2D eigenvalue weighted by atomic mass is 9.81. The van der Waals surface area contributed by atoms with E-state index < -0.39 is 10.2 Å². The second kappa shape index (κ2) is 11.6. The van der Waals surface area contributed by atoms with E-state index in [0.29, 0.717) is 57.2 Å². The minimum atomic E-state index is -3.49. The third-order valence-electron chi connectivity index (χ3n) is 7.07. The molecule has 2 saturated heterocycles. The summed E-state index contributed by atoms with van der Waals surface area (Å²) in [5.41, 5.74) is 6.71. The largest absolute Gasteiger partial charge is 0.379 e. The van der Waals surface area contributed by atoms with Crippen molar-refractivity contribution in [2.24, 2.45) is 11.7 Å². The van der Waals surface area contributed by atoms with E-state index in [1.807, 2.05) is 13.8 Å². The molecule has 3 heterocycles. The van der Waals surface area contributed by atoms with Crippen LogP contribution in [0.1, 0.15) is 51.4 Å². The van der Waals surface area contributed by atoms with E-state index >= 15 is 0 Å². The minimum absolute atomic E-state index is 0.0354. The number of ether oxygens (including phenoxy) is 2. The van der Waals surface area contributed by atoms with Crippen LogP contribution in [0.3, 0.4) is 0 Å². The van der Waals surface area contributed by atoms with Gasteiger partial charge in [-0.25, -0.2) is 0 Å². The maximum Gasteiger partial charge on any atom is 0.282 e. The first kappa shape index (κ1) is 26.4. The van der Waals surface area contributed by atoms with Gasteiger partial charge in [-0.15, -0.1) is 0 Å². The lowest BCUT2D eigenvalue weighted by Crippen LogP contribution is -2.51. The van der Waals surface area contributed by atoms with Gasteiger partial charge in [0.05, 0.1) is 32.5 Å². The predicted octanol–water partition coefficient (Wildman–Crippen LogP) is 0.596. The average molecular weight is 513 g/mol. The molecule has 3 N–H and O–H groups in total. The maximum atomic E-state index is 13.1. The Labute approximate surface area is 208 Å². The molecule has 1 atom stereocenters. The number of rotatable bonds is 8. The summed E-state index contributed by atoms with van der Waals surface area (Å²) in [5.74, 6) is 1.92. The van der Waals surface area contributed by atoms with Crippen molar-refractivity contribution >= 4 is 22.1 Å². The van der Waals surface area contributed by atoms with Gasteiger partial charge in [-0.05, 0) is 45.4 Å². The summed E-state index contributed by atoms with van der Waals surface area (Å²) in [7, 11) is -1.79. The van der Waals surface area contributed by atoms with Gasteiger partial charge in [-0.2, -0.15) is 32.0 Å². The Morgan fingerprint density at radius 2 is 1.57 bits per heavy atom. The highest BCUT2D eigenvalue weighted by molar-refractivity contribution is 7.86. The molecule has 198 valence electrons. The molecule has 3 fully saturated rings. The van der Waals surface area contributed by atoms with E-state index in [9.17, 15) is 8.42 Å². The summed E-state index contributed by atoms with van der Waals surface area (Å²) in [5, 5.41) is 3.29. The fraction of sp³-hybridized carbons (Fsp3) is 0.864. The molecule has 0 amide bonds. The smallest absolute Gasteiger partial charge is 0.282 e. The topological polar surface area (TPSA) is 139 Å². The van der Waals surface area contributed by atoms with Gasteiger partial charge >= 0.3 is 0 Å². The molecule has 2 aliphatic heterocycles. The maximum absolute atomic E-state index is 13.1. The van der Waals surface area contributed by atoms with Crippen molar-refractivity contribution in [1.82, 2.24) is 23.6 Å². The molecule has 35 heavy (non-hydrogen) atoms. The van der Waals surface area contributed by atoms with Gasteiger partial charge in [0, 0.05) is 45.3 Å². The van der Waals surface area contributed by atoms with Gasteiger partial charge in [0.1, 0.15) is 0 Å². The summed E-state index contributed by atoms with van der Waals surface area (Å²) >= 11 is 0.